The molecule has 17 aromatic rings. The first-order chi connectivity index (χ1) is 57.6. The molecule has 12 heterocycles. The lowest BCUT2D eigenvalue weighted by Crippen LogP contribution is -2.40. The van der Waals surface area contributed by atoms with Gasteiger partial charge in [0.15, 0.2) is 0 Å². The quantitative estimate of drug-likeness (QED) is 0.0452. The number of anilines is 4. The van der Waals surface area contributed by atoms with Crippen LogP contribution in [0.2, 0.25) is 5.02 Å². The van der Waals surface area contributed by atoms with Crippen LogP contribution >= 0.6 is 11.6 Å². The number of methoxy groups -OCH3 is 2. The smallest absolute Gasteiger partial charge is 0.309 e. The van der Waals surface area contributed by atoms with Crippen LogP contribution in [0.1, 0.15) is 158 Å². The van der Waals surface area contributed by atoms with Crippen molar-refractivity contribution >= 4 is 112 Å². The molecule has 0 amide bonds. The lowest BCUT2D eigenvalue weighted by Gasteiger charge is -2.40. The van der Waals surface area contributed by atoms with Gasteiger partial charge in [0.2, 0.25) is 0 Å². The molecule has 14 N–H and O–H groups in total. The van der Waals surface area contributed by atoms with E-state index < -0.39 is 17.0 Å². The maximum Gasteiger partial charge on any atom is 0.309 e. The van der Waals surface area contributed by atoms with E-state index in [1.807, 2.05) is 128 Å². The van der Waals surface area contributed by atoms with Gasteiger partial charge >= 0.3 is 11.9 Å². The van der Waals surface area contributed by atoms with E-state index in [2.05, 4.69) is 109 Å². The third-order valence-corrected chi connectivity index (χ3v) is 24.7. The summed E-state index contributed by atoms with van der Waals surface area (Å²) in [5, 5.41) is 24.6. The normalized spacial score (nSPS) is 19.3. The minimum atomic E-state index is -0.724. The number of carbonyl (C=O) groups is 2. The molecule has 28 heteroatoms. The molecule has 0 saturated heterocycles. The number of nitrogens with zero attached hydrogens (tertiary/aromatic N) is 12. The number of para-hydroxylation sites is 4. The molecule has 27 nitrogen and oxygen atoms in total. The molecule has 0 atom stereocenters. The summed E-state index contributed by atoms with van der Waals surface area (Å²) in [5.41, 5.74) is 39.9. The molecule has 0 unspecified atom stereocenters. The highest BCUT2D eigenvalue weighted by molar-refractivity contribution is 6.35. The fraction of sp³-hybridized carbons (Fsp3) is 0.297. The Balaban J connectivity index is 0.000000109. The maximum atomic E-state index is 12.0. The number of ether oxygens (including phenoxy) is 3. The molecule has 0 radical (unpaired) electrons. The topological polar surface area (TPSA) is 390 Å². The van der Waals surface area contributed by atoms with Crippen molar-refractivity contribution in [2.75, 3.05) is 37.2 Å². The molecule has 12 aromatic heterocycles. The summed E-state index contributed by atoms with van der Waals surface area (Å²) in [7, 11) is 3.11. The zero-order chi connectivity index (χ0) is 82.3. The minimum Gasteiger partial charge on any atom is -0.495 e. The number of hydrogen-bond acceptors (Lipinski definition) is 18. The van der Waals surface area contributed by atoms with Gasteiger partial charge in [-0.15, -0.1) is 0 Å². The van der Waals surface area contributed by atoms with Crippen LogP contribution in [0.3, 0.4) is 0 Å². The highest BCUT2D eigenvalue weighted by atomic mass is 35.5. The molecule has 21 rings (SSSR count). The number of rotatable bonds is 14. The predicted molar refractivity (Wildman–Crippen MR) is 464 cm³/mol. The number of carboxylic acid groups (broad SMARTS) is 1. The number of benzene rings is 5. The van der Waals surface area contributed by atoms with Crippen LogP contribution in [0.15, 0.2) is 177 Å². The third-order valence-electron chi connectivity index (χ3n) is 24.4. The van der Waals surface area contributed by atoms with E-state index in [9.17, 15) is 19.8 Å². The third kappa shape index (κ3) is 14.2. The number of halogens is 1. The van der Waals surface area contributed by atoms with Crippen LogP contribution in [0, 0.1) is 11.3 Å². The Hall–Kier alpha value is -13.3. The number of esters is 1. The lowest BCUT2D eigenvalue weighted by atomic mass is 9.71. The zero-order valence-corrected chi connectivity index (χ0v) is 67.6. The fourth-order valence-electron chi connectivity index (χ4n) is 18.0. The molecule has 0 spiro atoms. The minimum absolute atomic E-state index is 0.0308. The number of carbonyl (C=O) groups excluding carboxylic acids is 1. The second-order valence-corrected chi connectivity index (χ2v) is 33.1. The second-order valence-electron chi connectivity index (χ2n) is 32.7. The molecular formula is C91H93ClN20O7. The van der Waals surface area contributed by atoms with E-state index in [0.29, 0.717) is 59.9 Å². The van der Waals surface area contributed by atoms with Crippen molar-refractivity contribution in [1.29, 1.82) is 0 Å². The second kappa shape index (κ2) is 31.0. The summed E-state index contributed by atoms with van der Waals surface area (Å²) in [6.07, 6.45) is 25.7. The number of nitrogens with two attached hydrogens (primary N) is 4. The summed E-state index contributed by atoms with van der Waals surface area (Å²) in [6.45, 7) is 7.72. The summed E-state index contributed by atoms with van der Waals surface area (Å²) in [6, 6.07) is 42.8. The first-order valence-corrected chi connectivity index (χ1v) is 40.9. The average Bonchev–Trinajstić information content (AvgIpc) is 1.61. The highest BCUT2D eigenvalue weighted by Crippen LogP contribution is 2.49. The van der Waals surface area contributed by atoms with Crippen LogP contribution in [0.4, 0.5) is 23.3 Å². The molecule has 119 heavy (non-hydrogen) atoms. The van der Waals surface area contributed by atoms with Gasteiger partial charge in [-0.05, 0) is 153 Å². The van der Waals surface area contributed by atoms with Gasteiger partial charge < -0.3 is 67.3 Å². The zero-order valence-electron chi connectivity index (χ0n) is 66.9. The fourth-order valence-corrected chi connectivity index (χ4v) is 18.2. The number of aromatic amines is 4. The first kappa shape index (κ1) is 77.0. The number of hydrogen-bond donors (Lipinski definition) is 10. The Labute approximate surface area is 688 Å². The van der Waals surface area contributed by atoms with Crippen LogP contribution < -0.4 is 32.4 Å². The van der Waals surface area contributed by atoms with Crippen molar-refractivity contribution in [3.8, 4) is 68.2 Å². The number of aliphatic carboxylic acids is 1. The van der Waals surface area contributed by atoms with Gasteiger partial charge in [-0.2, -0.15) is 0 Å². The van der Waals surface area contributed by atoms with Crippen molar-refractivity contribution in [1.82, 2.24) is 77.4 Å². The summed E-state index contributed by atoms with van der Waals surface area (Å²) < 4.78 is 24.6. The van der Waals surface area contributed by atoms with E-state index in [1.165, 1.54) is 37.5 Å². The number of nitrogens with one attached hydrogen (secondary N) is 4. The van der Waals surface area contributed by atoms with E-state index in [1.54, 1.807) is 31.9 Å². The Morgan fingerprint density at radius 3 is 1.30 bits per heavy atom. The van der Waals surface area contributed by atoms with Gasteiger partial charge in [0.05, 0.1) is 87.1 Å². The number of nitrogen functional groups attached to an aromatic ring is 4. The van der Waals surface area contributed by atoms with Crippen LogP contribution in [-0.4, -0.2) is 125 Å². The molecule has 4 aliphatic carbocycles. The highest BCUT2D eigenvalue weighted by Gasteiger charge is 2.43. The Bertz CT molecular complexity index is 6710. The summed E-state index contributed by atoms with van der Waals surface area (Å²) >= 11 is 6.34. The van der Waals surface area contributed by atoms with E-state index in [4.69, 9.17) is 68.7 Å². The molecule has 606 valence electrons. The van der Waals surface area contributed by atoms with Gasteiger partial charge in [0.1, 0.15) is 103 Å². The molecule has 0 aliphatic heterocycles. The summed E-state index contributed by atoms with van der Waals surface area (Å²) in [4.78, 5) is 74.7. The Morgan fingerprint density at radius 1 is 0.487 bits per heavy atom. The molecular weight excluding hydrogens is 1520 g/mol. The number of carboxylic acids is 1. The van der Waals surface area contributed by atoms with Crippen LogP contribution in [0.25, 0.3) is 122 Å². The van der Waals surface area contributed by atoms with Gasteiger partial charge in [0.25, 0.3) is 0 Å². The molecule has 4 fully saturated rings. The number of aromatic nitrogens is 16. The predicted octanol–water partition coefficient (Wildman–Crippen LogP) is 18.0. The van der Waals surface area contributed by atoms with E-state index in [0.717, 1.165) is 185 Å². The molecule has 5 aromatic carbocycles. The van der Waals surface area contributed by atoms with Crippen molar-refractivity contribution in [2.45, 2.75) is 147 Å². The molecule has 4 aliphatic rings. The molecule has 4 saturated carbocycles. The van der Waals surface area contributed by atoms with Gasteiger partial charge in [0, 0.05) is 100 Å². The van der Waals surface area contributed by atoms with E-state index >= 15 is 0 Å². The van der Waals surface area contributed by atoms with Crippen molar-refractivity contribution in [2.24, 2.45) is 11.3 Å². The monoisotopic (exact) mass is 1610 g/mol. The number of imidazole rings is 4. The van der Waals surface area contributed by atoms with E-state index in [-0.39, 0.29) is 35.7 Å². The number of fused-ring (bicyclic) bond motifs is 8. The van der Waals surface area contributed by atoms with Crippen LogP contribution in [-0.2, 0) is 14.3 Å². The SMILES string of the molecule is CC1(C(=O)O)CCC(c2nc(-c3cc4cccc(Cl)c4[nH]3)c3c(N)nccn23)CC1.COC(=O)C1CCC(c2nc(-c3cc4cccc(OC(C)C)c4[nH]3)c3c(N)nccn23)CC1.COc1cccc2cc(-c3nc(C4CC(C)(O)C4)n4ccnc(N)c34)[nH]c12.Nc1nccn2c(C3CCC3)nc(-c3cc4cccc(-c5ccccc5)c4[nH]3)c12. The number of aliphatic hydroxyl groups is 1. The van der Waals surface area contributed by atoms with Crippen molar-refractivity contribution < 1.29 is 34.0 Å². The summed E-state index contributed by atoms with van der Waals surface area (Å²) in [5.74, 6) is 7.45. The van der Waals surface area contributed by atoms with Crippen molar-refractivity contribution in [3.05, 3.63) is 205 Å². The van der Waals surface area contributed by atoms with Crippen molar-refractivity contribution in [3.63, 3.8) is 0 Å². The first-order valence-electron chi connectivity index (χ1n) is 40.5. The van der Waals surface area contributed by atoms with Crippen LogP contribution in [0.5, 0.6) is 11.5 Å². The largest absolute Gasteiger partial charge is 0.495 e. The van der Waals surface area contributed by atoms with Gasteiger partial charge in [-0.25, -0.2) is 39.9 Å². The average molecular weight is 1610 g/mol. The Morgan fingerprint density at radius 2 is 0.882 bits per heavy atom. The standard InChI is InChI=1S/C25H29N5O3.C24H21N5.C22H22ClN5O2.C20H21N5O2/c1-14(2)33-19-6-4-5-17-13-18(28-20(17)19)21-22-23(26)27-11-12-30(22)24(29-21)15-7-9-16(10-8-15)25(31)32-3;25-23-22-21(28-24(16-8-4-9-16)29(22)13-12-26-23)19-14-17-10-5-11-18(20(17)27-19)15-6-2-1-3-7-15;1-22(21(29)30)7-5-12(6-8-22)20-27-17(18-19(24)25-9-10-28(18)20)15-11-13-3-2-4-14(23)16(13)26-15;1-20(26)9-12(10-20)19-24-16(17-18(21)22-6-7-25(17)19)13-8-11-4-3-5-14(27-2)15(11)23-13/h4-6,11-16,28H,7-10H2,1-3H3,(H2,26,27);1-3,5-7,10-14,16,27H,4,8-9H2,(H2,25,26);2-4,9-12,26H,5-8H2,1H3,(H2,24,25)(H,29,30);3-8,12,23,26H,9-10H2,1-2H3,(H2,21,22). The molecule has 0 bridgehead atoms. The maximum absolute atomic E-state index is 12.0. The van der Waals surface area contributed by atoms with Gasteiger partial charge in [-0.1, -0.05) is 103 Å². The lowest BCUT2D eigenvalue weighted by molar-refractivity contribution is -0.150. The Kier molecular flexibility index (Phi) is 20.0. The van der Waals surface area contributed by atoms with Gasteiger partial charge in [-0.3, -0.25) is 27.2 Å². The number of H-pyrrole nitrogens is 4.